The van der Waals surface area contributed by atoms with E-state index < -0.39 is 41.7 Å². The summed E-state index contributed by atoms with van der Waals surface area (Å²) in [6, 6.07) is 0. The standard InChI is InChI=1S/C22H32F4O4/c1-13-11-28-19-17(12-29-18(13)19)20(27)30-16-9-7-15(8-10-16)22(25,26)21(23,24)14-5-3-2-4-6-14/h13-19H,2-12H2,1H3. The molecule has 2 heterocycles. The first-order chi connectivity index (χ1) is 14.2. The van der Waals surface area contributed by atoms with E-state index >= 15 is 0 Å². The molecule has 2 aliphatic heterocycles. The molecule has 0 radical (unpaired) electrons. The smallest absolute Gasteiger partial charge is 0.314 e. The summed E-state index contributed by atoms with van der Waals surface area (Å²) in [5.74, 6) is -11.3. The topological polar surface area (TPSA) is 44.8 Å². The van der Waals surface area contributed by atoms with Crippen LogP contribution in [0.1, 0.15) is 64.7 Å². The third kappa shape index (κ3) is 3.98. The zero-order chi connectivity index (χ0) is 21.5. The fraction of sp³-hybridized carbons (Fsp3) is 0.955. The van der Waals surface area contributed by atoms with Crippen LogP contribution < -0.4 is 0 Å². The molecule has 0 bridgehead atoms. The monoisotopic (exact) mass is 436 g/mol. The van der Waals surface area contributed by atoms with Gasteiger partial charge < -0.3 is 14.2 Å². The van der Waals surface area contributed by atoms with Crippen molar-refractivity contribution >= 4 is 5.97 Å². The van der Waals surface area contributed by atoms with E-state index in [2.05, 4.69) is 0 Å². The maximum Gasteiger partial charge on any atom is 0.314 e. The minimum atomic E-state index is -4.02. The summed E-state index contributed by atoms with van der Waals surface area (Å²) in [6.45, 7) is 2.77. The van der Waals surface area contributed by atoms with Gasteiger partial charge in [0.1, 0.15) is 12.0 Å². The fourth-order valence-corrected chi connectivity index (χ4v) is 5.70. The molecule has 4 unspecified atom stereocenters. The highest BCUT2D eigenvalue weighted by Crippen LogP contribution is 2.52. The molecule has 0 N–H and O–H groups in total. The second kappa shape index (κ2) is 8.57. The SMILES string of the molecule is CC1COC2C(C(=O)OC3CCC(C(F)(F)C(F)(F)C4CCCCC4)CC3)COC12. The molecule has 0 aromatic heterocycles. The molecule has 0 aromatic carbocycles. The molecule has 172 valence electrons. The van der Waals surface area contributed by atoms with E-state index in [1.807, 2.05) is 6.92 Å². The zero-order valence-electron chi connectivity index (χ0n) is 17.5. The summed E-state index contributed by atoms with van der Waals surface area (Å²) in [5.41, 5.74) is 0. The van der Waals surface area contributed by atoms with Gasteiger partial charge in [-0.15, -0.1) is 0 Å². The second-order valence-electron chi connectivity index (χ2n) is 9.67. The molecular formula is C22H32F4O4. The summed E-state index contributed by atoms with van der Waals surface area (Å²) in [7, 11) is 0. The van der Waals surface area contributed by atoms with Crippen molar-refractivity contribution in [2.75, 3.05) is 13.2 Å². The highest BCUT2D eigenvalue weighted by atomic mass is 19.3. The summed E-state index contributed by atoms with van der Waals surface area (Å²) < 4.78 is 75.8. The number of carbonyl (C=O) groups is 1. The molecule has 8 heteroatoms. The van der Waals surface area contributed by atoms with Gasteiger partial charge in [0.2, 0.25) is 0 Å². The van der Waals surface area contributed by atoms with Gasteiger partial charge >= 0.3 is 17.8 Å². The predicted octanol–water partition coefficient (Wildman–Crippen LogP) is 4.99. The molecule has 30 heavy (non-hydrogen) atoms. The largest absolute Gasteiger partial charge is 0.462 e. The van der Waals surface area contributed by atoms with E-state index in [0.29, 0.717) is 19.4 Å². The molecule has 2 aliphatic carbocycles. The van der Waals surface area contributed by atoms with Crippen LogP contribution >= 0.6 is 0 Å². The lowest BCUT2D eigenvalue weighted by Gasteiger charge is -2.41. The first kappa shape index (κ1) is 22.3. The molecule has 4 rings (SSSR count). The number of esters is 1. The molecular weight excluding hydrogens is 404 g/mol. The number of carbonyl (C=O) groups excluding carboxylic acids is 1. The number of hydrogen-bond donors (Lipinski definition) is 0. The third-order valence-corrected chi connectivity index (χ3v) is 7.64. The van der Waals surface area contributed by atoms with Crippen molar-refractivity contribution in [1.29, 1.82) is 0 Å². The molecule has 4 atom stereocenters. The Hall–Kier alpha value is -0.890. The molecule has 0 aromatic rings. The van der Waals surface area contributed by atoms with Gasteiger partial charge in [0.25, 0.3) is 0 Å². The lowest BCUT2D eigenvalue weighted by molar-refractivity contribution is -0.270. The lowest BCUT2D eigenvalue weighted by atomic mass is 9.75. The van der Waals surface area contributed by atoms with Crippen LogP contribution in [0.3, 0.4) is 0 Å². The summed E-state index contributed by atoms with van der Waals surface area (Å²) >= 11 is 0. The molecule has 0 spiro atoms. The Balaban J connectivity index is 1.29. The summed E-state index contributed by atoms with van der Waals surface area (Å²) in [5, 5.41) is 0. The van der Waals surface area contributed by atoms with E-state index in [1.54, 1.807) is 0 Å². The average molecular weight is 436 g/mol. The van der Waals surface area contributed by atoms with Gasteiger partial charge in [-0.1, -0.05) is 26.2 Å². The van der Waals surface area contributed by atoms with E-state index in [0.717, 1.165) is 6.42 Å². The van der Waals surface area contributed by atoms with Crippen molar-refractivity contribution in [3.8, 4) is 0 Å². The van der Waals surface area contributed by atoms with Crippen LogP contribution in [-0.2, 0) is 19.0 Å². The van der Waals surface area contributed by atoms with Crippen molar-refractivity contribution in [3.05, 3.63) is 0 Å². The summed E-state index contributed by atoms with van der Waals surface area (Å²) in [4.78, 5) is 12.6. The van der Waals surface area contributed by atoms with E-state index in [1.165, 1.54) is 0 Å². The minimum Gasteiger partial charge on any atom is -0.462 e. The van der Waals surface area contributed by atoms with Gasteiger partial charge in [-0.2, -0.15) is 17.6 Å². The number of fused-ring (bicyclic) bond motifs is 1. The van der Waals surface area contributed by atoms with Gasteiger partial charge in [-0.05, 0) is 38.5 Å². The quantitative estimate of drug-likeness (QED) is 0.450. The molecule has 4 nitrogen and oxygen atoms in total. The van der Waals surface area contributed by atoms with Crippen LogP contribution in [0.4, 0.5) is 17.6 Å². The zero-order valence-corrected chi connectivity index (χ0v) is 17.5. The highest BCUT2D eigenvalue weighted by Gasteiger charge is 2.64. The molecule has 2 saturated heterocycles. The second-order valence-corrected chi connectivity index (χ2v) is 9.67. The minimum absolute atomic E-state index is 0.0615. The molecule has 0 amide bonds. The molecule has 4 fully saturated rings. The van der Waals surface area contributed by atoms with Crippen molar-refractivity contribution in [3.63, 3.8) is 0 Å². The van der Waals surface area contributed by atoms with Crippen LogP contribution in [0, 0.1) is 23.7 Å². The van der Waals surface area contributed by atoms with Crippen molar-refractivity contribution < 1.29 is 36.6 Å². The fourth-order valence-electron chi connectivity index (χ4n) is 5.70. The van der Waals surface area contributed by atoms with E-state index in [4.69, 9.17) is 14.2 Å². The summed E-state index contributed by atoms with van der Waals surface area (Å²) in [6.07, 6.45) is 1.67. The van der Waals surface area contributed by atoms with Crippen LogP contribution in [0.15, 0.2) is 0 Å². The first-order valence-corrected chi connectivity index (χ1v) is 11.4. The predicted molar refractivity (Wildman–Crippen MR) is 100 cm³/mol. The van der Waals surface area contributed by atoms with Crippen molar-refractivity contribution in [2.24, 2.45) is 23.7 Å². The van der Waals surface area contributed by atoms with E-state index in [9.17, 15) is 22.4 Å². The van der Waals surface area contributed by atoms with Gasteiger partial charge in [-0.3, -0.25) is 4.79 Å². The maximum absolute atomic E-state index is 14.8. The van der Waals surface area contributed by atoms with Crippen LogP contribution in [-0.4, -0.2) is 49.3 Å². The maximum atomic E-state index is 14.8. The number of halogens is 4. The Kier molecular flexibility index (Phi) is 6.37. The molecule has 2 saturated carbocycles. The number of rotatable bonds is 5. The van der Waals surface area contributed by atoms with Crippen LogP contribution in [0.5, 0.6) is 0 Å². The average Bonchev–Trinajstić information content (AvgIpc) is 3.32. The first-order valence-electron chi connectivity index (χ1n) is 11.4. The Labute approximate surface area is 175 Å². The van der Waals surface area contributed by atoms with Crippen molar-refractivity contribution in [2.45, 2.75) is 94.9 Å². The van der Waals surface area contributed by atoms with Gasteiger partial charge in [0.15, 0.2) is 0 Å². The Morgan fingerprint density at radius 3 is 2.00 bits per heavy atom. The van der Waals surface area contributed by atoms with Crippen LogP contribution in [0.25, 0.3) is 0 Å². The normalized spacial score (nSPS) is 38.4. The highest BCUT2D eigenvalue weighted by molar-refractivity contribution is 5.74. The van der Waals surface area contributed by atoms with E-state index in [-0.39, 0.29) is 63.3 Å². The van der Waals surface area contributed by atoms with Crippen LogP contribution in [0.2, 0.25) is 0 Å². The van der Waals surface area contributed by atoms with Gasteiger partial charge in [0, 0.05) is 17.8 Å². The van der Waals surface area contributed by atoms with Gasteiger partial charge in [0.05, 0.1) is 25.4 Å². The number of hydrogen-bond acceptors (Lipinski definition) is 4. The molecule has 4 aliphatic rings. The third-order valence-electron chi connectivity index (χ3n) is 7.64. The Bertz CT molecular complexity index is 614. The Morgan fingerprint density at radius 1 is 0.800 bits per heavy atom. The van der Waals surface area contributed by atoms with Crippen molar-refractivity contribution in [1.82, 2.24) is 0 Å². The number of ether oxygens (including phenoxy) is 3. The Morgan fingerprint density at radius 2 is 1.37 bits per heavy atom. The van der Waals surface area contributed by atoms with Gasteiger partial charge in [-0.25, -0.2) is 0 Å². The lowest BCUT2D eigenvalue weighted by Crippen LogP contribution is -2.52. The number of alkyl halides is 4.